The van der Waals surface area contributed by atoms with Crippen LogP contribution in [0.1, 0.15) is 12.0 Å². The number of thioether (sulfide) groups is 1. The minimum atomic E-state index is -0.0317. The quantitative estimate of drug-likeness (QED) is 0.451. The molecule has 0 bridgehead atoms. The van der Waals surface area contributed by atoms with Crippen molar-refractivity contribution in [2.24, 2.45) is 0 Å². The van der Waals surface area contributed by atoms with Crippen molar-refractivity contribution < 1.29 is 9.53 Å². The monoisotopic (exact) mass is 384 g/mol. The number of pyridine rings is 1. The van der Waals surface area contributed by atoms with E-state index < -0.39 is 0 Å². The Hall–Kier alpha value is -3.07. The Morgan fingerprint density at radius 3 is 2.63 bits per heavy atom. The fourth-order valence-corrected chi connectivity index (χ4v) is 3.13. The van der Waals surface area contributed by atoms with Crippen molar-refractivity contribution in [3.8, 4) is 17.1 Å². The first-order valence-electron chi connectivity index (χ1n) is 8.30. The van der Waals surface area contributed by atoms with Crippen molar-refractivity contribution in [1.82, 2.24) is 25.2 Å². The van der Waals surface area contributed by atoms with Gasteiger partial charge in [0.1, 0.15) is 5.75 Å². The van der Waals surface area contributed by atoms with E-state index in [9.17, 15) is 4.79 Å². The minimum absolute atomic E-state index is 0.0317. The molecule has 0 atom stereocenters. The van der Waals surface area contributed by atoms with Gasteiger partial charge in [-0.05, 0) is 29.8 Å². The van der Waals surface area contributed by atoms with Crippen molar-refractivity contribution in [1.29, 1.82) is 0 Å². The highest BCUT2D eigenvalue weighted by molar-refractivity contribution is 7.99. The predicted octanol–water partition coefficient (Wildman–Crippen LogP) is 1.86. The van der Waals surface area contributed by atoms with Crippen LogP contribution < -0.4 is 15.9 Å². The summed E-state index contributed by atoms with van der Waals surface area (Å²) in [5, 5.41) is 11.6. The first kappa shape index (κ1) is 18.7. The van der Waals surface area contributed by atoms with Gasteiger partial charge in [-0.15, -0.1) is 10.2 Å². The van der Waals surface area contributed by atoms with Crippen LogP contribution in [0.25, 0.3) is 11.4 Å². The van der Waals surface area contributed by atoms with Crippen LogP contribution in [0.4, 0.5) is 0 Å². The van der Waals surface area contributed by atoms with Crippen LogP contribution in [0.2, 0.25) is 0 Å². The molecular formula is C18H20N6O2S. The summed E-state index contributed by atoms with van der Waals surface area (Å²) in [4.78, 5) is 16.0. The molecule has 3 N–H and O–H groups in total. The second-order valence-corrected chi connectivity index (χ2v) is 6.70. The number of nitrogens with one attached hydrogen (secondary N) is 1. The Labute approximate surface area is 161 Å². The van der Waals surface area contributed by atoms with E-state index in [0.29, 0.717) is 29.7 Å². The van der Waals surface area contributed by atoms with Gasteiger partial charge < -0.3 is 15.9 Å². The molecular weight excluding hydrogens is 364 g/mol. The first-order chi connectivity index (χ1) is 13.2. The zero-order valence-corrected chi connectivity index (χ0v) is 15.6. The number of nitrogens with zero attached hydrogens (tertiary/aromatic N) is 4. The summed E-state index contributed by atoms with van der Waals surface area (Å²) in [6.45, 7) is 0.479. The number of methoxy groups -OCH3 is 1. The first-order valence-corrected chi connectivity index (χ1v) is 9.29. The van der Waals surface area contributed by atoms with Crippen LogP contribution in [0.15, 0.2) is 53.9 Å². The molecule has 0 fully saturated rings. The van der Waals surface area contributed by atoms with Crippen LogP contribution in [0.3, 0.4) is 0 Å². The molecule has 140 valence electrons. The average molecular weight is 384 g/mol. The number of hydrogen-bond acceptors (Lipinski definition) is 7. The SMILES string of the molecule is COc1ccc(CNC(=O)CCSc2nnc(-c3ccncc3)n2N)cc1. The maximum absolute atomic E-state index is 12.0. The maximum atomic E-state index is 12.0. The number of carbonyl (C=O) groups excluding carboxylic acids is 1. The van der Waals surface area contributed by atoms with E-state index in [1.165, 1.54) is 16.4 Å². The smallest absolute Gasteiger partial charge is 0.221 e. The van der Waals surface area contributed by atoms with Crippen LogP contribution >= 0.6 is 11.8 Å². The van der Waals surface area contributed by atoms with E-state index in [1.807, 2.05) is 36.4 Å². The number of carbonyl (C=O) groups is 1. The van der Waals surface area contributed by atoms with Gasteiger partial charge in [0.25, 0.3) is 0 Å². The molecule has 8 nitrogen and oxygen atoms in total. The molecule has 0 aliphatic carbocycles. The number of aromatic nitrogens is 4. The molecule has 2 aromatic heterocycles. The molecule has 0 aliphatic rings. The van der Waals surface area contributed by atoms with Crippen LogP contribution in [0.5, 0.6) is 5.75 Å². The largest absolute Gasteiger partial charge is 0.497 e. The molecule has 1 amide bonds. The molecule has 0 saturated carbocycles. The highest BCUT2D eigenvalue weighted by Crippen LogP contribution is 2.21. The van der Waals surface area contributed by atoms with Crippen molar-refractivity contribution in [2.75, 3.05) is 18.7 Å². The van der Waals surface area contributed by atoms with Gasteiger partial charge >= 0.3 is 0 Å². The lowest BCUT2D eigenvalue weighted by Crippen LogP contribution is -2.23. The third-order valence-electron chi connectivity index (χ3n) is 3.81. The number of rotatable bonds is 8. The maximum Gasteiger partial charge on any atom is 0.221 e. The van der Waals surface area contributed by atoms with E-state index in [4.69, 9.17) is 10.6 Å². The van der Waals surface area contributed by atoms with Crippen molar-refractivity contribution in [3.05, 3.63) is 54.4 Å². The molecule has 0 unspecified atom stereocenters. The zero-order chi connectivity index (χ0) is 19.1. The molecule has 3 aromatic rings. The summed E-state index contributed by atoms with van der Waals surface area (Å²) in [5.41, 5.74) is 1.85. The second-order valence-electron chi connectivity index (χ2n) is 5.64. The molecule has 0 saturated heterocycles. The Kier molecular flexibility index (Phi) is 6.26. The molecule has 0 spiro atoms. The van der Waals surface area contributed by atoms with Gasteiger partial charge in [0.05, 0.1) is 7.11 Å². The van der Waals surface area contributed by atoms with Gasteiger partial charge in [-0.2, -0.15) is 0 Å². The Morgan fingerprint density at radius 1 is 1.19 bits per heavy atom. The van der Waals surface area contributed by atoms with Crippen molar-refractivity contribution in [2.45, 2.75) is 18.1 Å². The van der Waals surface area contributed by atoms with Gasteiger partial charge in [-0.3, -0.25) is 9.78 Å². The van der Waals surface area contributed by atoms with E-state index in [-0.39, 0.29) is 5.91 Å². The summed E-state index contributed by atoms with van der Waals surface area (Å²) in [6.07, 6.45) is 3.70. The topological polar surface area (TPSA) is 108 Å². The van der Waals surface area contributed by atoms with Gasteiger partial charge in [-0.1, -0.05) is 23.9 Å². The third kappa shape index (κ3) is 4.98. The van der Waals surface area contributed by atoms with Crippen molar-refractivity contribution in [3.63, 3.8) is 0 Å². The molecule has 3 rings (SSSR count). The molecule has 1 aromatic carbocycles. The van der Waals surface area contributed by atoms with E-state index in [1.54, 1.807) is 19.5 Å². The fourth-order valence-electron chi connectivity index (χ4n) is 2.34. The van der Waals surface area contributed by atoms with Crippen LogP contribution in [-0.2, 0) is 11.3 Å². The standard InChI is InChI=1S/C18H20N6O2S/c1-26-15-4-2-13(3-5-15)12-21-16(25)8-11-27-18-23-22-17(24(18)19)14-6-9-20-10-7-14/h2-7,9-10H,8,11-12,19H2,1H3,(H,21,25). The summed E-state index contributed by atoms with van der Waals surface area (Å²) in [5.74, 6) is 7.92. The summed E-state index contributed by atoms with van der Waals surface area (Å²) in [6, 6.07) is 11.2. The van der Waals surface area contributed by atoms with Gasteiger partial charge in [0, 0.05) is 36.7 Å². The Balaban J connectivity index is 1.45. The normalized spacial score (nSPS) is 10.6. The number of nitrogens with two attached hydrogens (primary N) is 1. The molecule has 0 aliphatic heterocycles. The highest BCUT2D eigenvalue weighted by Gasteiger charge is 2.12. The number of hydrogen-bond donors (Lipinski definition) is 2. The number of nitrogen functional groups attached to an aromatic ring is 1. The number of benzene rings is 1. The summed E-state index contributed by atoms with van der Waals surface area (Å²) in [7, 11) is 1.62. The Bertz CT molecular complexity index is 883. The average Bonchev–Trinajstić information content (AvgIpc) is 3.08. The molecule has 0 radical (unpaired) electrons. The van der Waals surface area contributed by atoms with Crippen molar-refractivity contribution >= 4 is 17.7 Å². The summed E-state index contributed by atoms with van der Waals surface area (Å²) >= 11 is 1.39. The van der Waals surface area contributed by atoms with Gasteiger partial charge in [0.15, 0.2) is 5.82 Å². The van der Waals surface area contributed by atoms with Crippen LogP contribution in [0, 0.1) is 0 Å². The van der Waals surface area contributed by atoms with Gasteiger partial charge in [-0.25, -0.2) is 4.68 Å². The predicted molar refractivity (Wildman–Crippen MR) is 104 cm³/mol. The second kappa shape index (κ2) is 9.04. The molecule has 27 heavy (non-hydrogen) atoms. The van der Waals surface area contributed by atoms with E-state index in [2.05, 4.69) is 20.5 Å². The van der Waals surface area contributed by atoms with E-state index >= 15 is 0 Å². The molecule has 9 heteroatoms. The minimum Gasteiger partial charge on any atom is -0.497 e. The lowest BCUT2D eigenvalue weighted by Gasteiger charge is -2.06. The fraction of sp³-hybridized carbons (Fsp3) is 0.222. The lowest BCUT2D eigenvalue weighted by atomic mass is 10.2. The summed E-state index contributed by atoms with van der Waals surface area (Å²) < 4.78 is 6.54. The highest BCUT2D eigenvalue weighted by atomic mass is 32.2. The number of amides is 1. The third-order valence-corrected chi connectivity index (χ3v) is 4.76. The van der Waals surface area contributed by atoms with Gasteiger partial charge in [0.2, 0.25) is 11.1 Å². The number of ether oxygens (including phenoxy) is 1. The van der Waals surface area contributed by atoms with E-state index in [0.717, 1.165) is 16.9 Å². The Morgan fingerprint density at radius 2 is 1.93 bits per heavy atom. The molecule has 2 heterocycles. The van der Waals surface area contributed by atoms with Crippen LogP contribution in [-0.4, -0.2) is 38.6 Å². The lowest BCUT2D eigenvalue weighted by molar-refractivity contribution is -0.120. The zero-order valence-electron chi connectivity index (χ0n) is 14.8.